The van der Waals surface area contributed by atoms with Crippen LogP contribution in [0.2, 0.25) is 0 Å². The number of aromatic nitrogens is 2. The molecule has 1 aromatic carbocycles. The summed E-state index contributed by atoms with van der Waals surface area (Å²) in [7, 11) is 0. The van der Waals surface area contributed by atoms with Gasteiger partial charge in [0.1, 0.15) is 5.75 Å². The maximum atomic E-state index is 5.36. The third-order valence-corrected chi connectivity index (χ3v) is 2.00. The number of nitrogens with one attached hydrogen (secondary N) is 2. The second kappa shape index (κ2) is 4.71. The molecule has 2 N–H and O–H groups in total. The third kappa shape index (κ3) is 2.22. The van der Waals surface area contributed by atoms with E-state index in [0.717, 1.165) is 16.8 Å². The van der Waals surface area contributed by atoms with Gasteiger partial charge in [0.15, 0.2) is 4.77 Å². The molecule has 3 nitrogen and oxygen atoms in total. The number of benzene rings is 1. The molecule has 2 rings (SSSR count). The average molecular weight is 260 g/mol. The Balaban J connectivity index is 0.000000980. The van der Waals surface area contributed by atoms with Gasteiger partial charge in [0.25, 0.3) is 0 Å². The van der Waals surface area contributed by atoms with Crippen molar-refractivity contribution in [3.8, 4) is 5.75 Å². The quantitative estimate of drug-likeness (QED) is 0.643. The standard InChI is InChI=1S/C9H10N2OS.Zn/c1-2-12-6-3-4-7-8(5-6)11-9(13)10-7;/h3-5H,2H2,1H3,(H2,10,11,13);. The number of ether oxygens (including phenoxy) is 1. The van der Waals surface area contributed by atoms with Crippen LogP contribution in [0.4, 0.5) is 0 Å². The van der Waals surface area contributed by atoms with E-state index >= 15 is 0 Å². The van der Waals surface area contributed by atoms with Crippen molar-refractivity contribution in [1.82, 2.24) is 9.97 Å². The molecule has 0 saturated heterocycles. The number of aromatic amines is 2. The topological polar surface area (TPSA) is 40.8 Å². The molecule has 0 aliphatic carbocycles. The molecule has 1 aromatic heterocycles. The Labute approximate surface area is 99.6 Å². The van der Waals surface area contributed by atoms with Crippen LogP contribution in [0.3, 0.4) is 0 Å². The molecule has 0 bridgehead atoms. The number of H-pyrrole nitrogens is 2. The van der Waals surface area contributed by atoms with Gasteiger partial charge in [-0.05, 0) is 31.3 Å². The molecule has 0 aliphatic rings. The van der Waals surface area contributed by atoms with E-state index < -0.39 is 0 Å². The second-order valence-electron chi connectivity index (χ2n) is 2.72. The van der Waals surface area contributed by atoms with Gasteiger partial charge in [-0.15, -0.1) is 0 Å². The molecule has 14 heavy (non-hydrogen) atoms. The normalized spacial score (nSPS) is 9.79. The minimum Gasteiger partial charge on any atom is -0.494 e. The van der Waals surface area contributed by atoms with Crippen molar-refractivity contribution in [2.75, 3.05) is 6.61 Å². The summed E-state index contributed by atoms with van der Waals surface area (Å²) in [4.78, 5) is 6.07. The van der Waals surface area contributed by atoms with E-state index in [9.17, 15) is 0 Å². The molecule has 0 amide bonds. The Morgan fingerprint density at radius 3 is 2.71 bits per heavy atom. The van der Waals surface area contributed by atoms with Crippen LogP contribution in [-0.2, 0) is 19.5 Å². The first-order valence-corrected chi connectivity index (χ1v) is 4.55. The summed E-state index contributed by atoms with van der Waals surface area (Å²) in [6.07, 6.45) is 0. The van der Waals surface area contributed by atoms with Gasteiger partial charge in [-0.25, -0.2) is 0 Å². The van der Waals surface area contributed by atoms with E-state index in [4.69, 9.17) is 17.0 Å². The predicted molar refractivity (Wildman–Crippen MR) is 54.7 cm³/mol. The van der Waals surface area contributed by atoms with Crippen molar-refractivity contribution in [1.29, 1.82) is 0 Å². The van der Waals surface area contributed by atoms with E-state index in [-0.39, 0.29) is 19.5 Å². The fourth-order valence-electron chi connectivity index (χ4n) is 1.27. The summed E-state index contributed by atoms with van der Waals surface area (Å²) in [5, 5.41) is 0. The summed E-state index contributed by atoms with van der Waals surface area (Å²) in [5.41, 5.74) is 1.99. The van der Waals surface area contributed by atoms with Gasteiger partial charge in [0.2, 0.25) is 0 Å². The number of fused-ring (bicyclic) bond motifs is 1. The van der Waals surface area contributed by atoms with Crippen LogP contribution in [0.1, 0.15) is 6.92 Å². The average Bonchev–Trinajstić information content (AvgIpc) is 2.44. The molecule has 0 spiro atoms. The molecule has 0 aliphatic heterocycles. The predicted octanol–water partition coefficient (Wildman–Crippen LogP) is 2.62. The van der Waals surface area contributed by atoms with Gasteiger partial charge in [-0.1, -0.05) is 0 Å². The smallest absolute Gasteiger partial charge is 0.175 e. The molecule has 0 radical (unpaired) electrons. The maximum Gasteiger partial charge on any atom is 0.175 e. The number of imidazole rings is 1. The van der Waals surface area contributed by atoms with Crippen molar-refractivity contribution < 1.29 is 24.2 Å². The van der Waals surface area contributed by atoms with Crippen LogP contribution in [0.15, 0.2) is 18.2 Å². The van der Waals surface area contributed by atoms with E-state index in [2.05, 4.69) is 9.97 Å². The molecule has 0 fully saturated rings. The monoisotopic (exact) mass is 258 g/mol. The van der Waals surface area contributed by atoms with Gasteiger partial charge in [0, 0.05) is 25.5 Å². The number of hydrogen-bond donors (Lipinski definition) is 2. The number of rotatable bonds is 2. The summed E-state index contributed by atoms with van der Waals surface area (Å²) in [6.45, 7) is 2.64. The minimum atomic E-state index is 0. The molecular formula is C9H10N2OSZn. The first-order chi connectivity index (χ1) is 6.29. The summed E-state index contributed by atoms with van der Waals surface area (Å²) in [5.74, 6) is 0.861. The molecule has 70 valence electrons. The SMILES string of the molecule is CCOc1ccc2[nH]c(=S)[nH]c2c1.[Zn]. The van der Waals surface area contributed by atoms with Crippen LogP contribution in [0.5, 0.6) is 5.75 Å². The Morgan fingerprint density at radius 1 is 1.29 bits per heavy atom. The third-order valence-electron chi connectivity index (χ3n) is 1.80. The van der Waals surface area contributed by atoms with Crippen molar-refractivity contribution in [2.24, 2.45) is 0 Å². The van der Waals surface area contributed by atoms with Gasteiger partial charge >= 0.3 is 0 Å². The van der Waals surface area contributed by atoms with E-state index in [1.165, 1.54) is 0 Å². The van der Waals surface area contributed by atoms with Crippen LogP contribution in [0, 0.1) is 4.77 Å². The van der Waals surface area contributed by atoms with E-state index in [0.29, 0.717) is 11.4 Å². The zero-order chi connectivity index (χ0) is 9.26. The van der Waals surface area contributed by atoms with Crippen LogP contribution >= 0.6 is 12.2 Å². The zero-order valence-corrected chi connectivity index (χ0v) is 11.7. The second-order valence-corrected chi connectivity index (χ2v) is 3.13. The van der Waals surface area contributed by atoms with Crippen LogP contribution in [-0.4, -0.2) is 16.6 Å². The molecule has 0 saturated carbocycles. The van der Waals surface area contributed by atoms with Gasteiger partial charge in [0.05, 0.1) is 17.6 Å². The van der Waals surface area contributed by atoms with Crippen molar-refractivity contribution in [3.05, 3.63) is 23.0 Å². The molecule has 0 atom stereocenters. The summed E-state index contributed by atoms with van der Waals surface area (Å²) >= 11 is 4.97. The van der Waals surface area contributed by atoms with E-state index in [1.807, 2.05) is 25.1 Å². The fourth-order valence-corrected chi connectivity index (χ4v) is 1.49. The summed E-state index contributed by atoms with van der Waals surface area (Å²) < 4.78 is 6.00. The van der Waals surface area contributed by atoms with Crippen LogP contribution in [0.25, 0.3) is 11.0 Å². The Morgan fingerprint density at radius 2 is 2.00 bits per heavy atom. The first-order valence-electron chi connectivity index (χ1n) is 4.14. The van der Waals surface area contributed by atoms with Crippen molar-refractivity contribution in [2.45, 2.75) is 6.92 Å². The zero-order valence-electron chi connectivity index (χ0n) is 7.96. The minimum absolute atomic E-state index is 0. The van der Waals surface area contributed by atoms with Gasteiger partial charge in [-0.3, -0.25) is 0 Å². The Kier molecular flexibility index (Phi) is 3.84. The van der Waals surface area contributed by atoms with E-state index in [1.54, 1.807) is 0 Å². The van der Waals surface area contributed by atoms with Crippen molar-refractivity contribution in [3.63, 3.8) is 0 Å². The van der Waals surface area contributed by atoms with Gasteiger partial charge in [-0.2, -0.15) is 0 Å². The fraction of sp³-hybridized carbons (Fsp3) is 0.222. The first kappa shape index (κ1) is 11.4. The summed E-state index contributed by atoms with van der Waals surface area (Å²) in [6, 6.07) is 5.81. The molecule has 0 unspecified atom stereocenters. The van der Waals surface area contributed by atoms with Crippen LogP contribution < -0.4 is 4.74 Å². The molecule has 2 aromatic rings. The molecule has 5 heteroatoms. The number of hydrogen-bond acceptors (Lipinski definition) is 2. The molecular weight excluding hydrogens is 250 g/mol. The maximum absolute atomic E-state index is 5.36. The molecule has 1 heterocycles. The Hall–Kier alpha value is -0.667. The largest absolute Gasteiger partial charge is 0.494 e. The van der Waals surface area contributed by atoms with Crippen molar-refractivity contribution >= 4 is 23.3 Å². The Bertz CT molecular complexity index is 477. The van der Waals surface area contributed by atoms with Gasteiger partial charge < -0.3 is 14.7 Å².